The summed E-state index contributed by atoms with van der Waals surface area (Å²) in [4.78, 5) is 22.3. The fourth-order valence-electron chi connectivity index (χ4n) is 1.69. The lowest BCUT2D eigenvalue weighted by Crippen LogP contribution is -2.40. The van der Waals surface area contributed by atoms with Crippen molar-refractivity contribution >= 4 is 11.9 Å². The highest BCUT2D eigenvalue weighted by atomic mass is 16.4. The first-order chi connectivity index (χ1) is 8.94. The number of hydrogen-bond acceptors (Lipinski definition) is 3. The van der Waals surface area contributed by atoms with Gasteiger partial charge in [-0.1, -0.05) is 34.6 Å². The van der Waals surface area contributed by atoms with Crippen LogP contribution in [0.1, 0.15) is 60.3 Å². The first-order valence-corrected chi connectivity index (χ1v) is 7.18. The summed E-state index contributed by atoms with van der Waals surface area (Å²) in [6.45, 7) is 10.6. The van der Waals surface area contributed by atoms with Gasteiger partial charge in [0.15, 0.2) is 0 Å². The lowest BCUT2D eigenvalue weighted by molar-refractivity contribution is -0.137. The van der Waals surface area contributed by atoms with E-state index in [1.807, 2.05) is 34.6 Å². The van der Waals surface area contributed by atoms with E-state index in [-0.39, 0.29) is 29.2 Å². The monoisotopic (exact) mass is 286 g/mol. The third kappa shape index (κ3) is 8.91. The van der Waals surface area contributed by atoms with Crippen LogP contribution in [0.4, 0.5) is 0 Å². The molecule has 0 aliphatic carbocycles. The Bertz CT molecular complexity index is 333. The van der Waals surface area contributed by atoms with E-state index >= 15 is 0 Å². The molecule has 0 fully saturated rings. The fourth-order valence-corrected chi connectivity index (χ4v) is 1.69. The molecule has 20 heavy (non-hydrogen) atoms. The summed E-state index contributed by atoms with van der Waals surface area (Å²) >= 11 is 0. The van der Waals surface area contributed by atoms with Crippen LogP contribution in [0.3, 0.4) is 0 Å². The van der Waals surface area contributed by atoms with Gasteiger partial charge < -0.3 is 16.2 Å². The topological polar surface area (TPSA) is 92.4 Å². The Morgan fingerprint density at radius 2 is 1.70 bits per heavy atom. The fraction of sp³-hybridized carbons (Fsp3) is 0.867. The van der Waals surface area contributed by atoms with E-state index < -0.39 is 5.97 Å². The zero-order valence-corrected chi connectivity index (χ0v) is 13.5. The summed E-state index contributed by atoms with van der Waals surface area (Å²) in [5, 5.41) is 11.5. The van der Waals surface area contributed by atoms with Gasteiger partial charge in [0.25, 0.3) is 0 Å². The summed E-state index contributed by atoms with van der Waals surface area (Å²) in [6.07, 6.45) is 1.85. The number of carboxylic acid groups (broad SMARTS) is 1. The zero-order valence-electron chi connectivity index (χ0n) is 13.5. The highest BCUT2D eigenvalue weighted by Gasteiger charge is 2.23. The molecule has 0 radical (unpaired) electrons. The number of carbonyl (C=O) groups excluding carboxylic acids is 1. The summed E-state index contributed by atoms with van der Waals surface area (Å²) < 4.78 is 0. The molecule has 118 valence electrons. The molecular weight excluding hydrogens is 256 g/mol. The molecule has 0 aliphatic rings. The average molecular weight is 286 g/mol. The number of nitrogens with one attached hydrogen (secondary N) is 1. The van der Waals surface area contributed by atoms with Crippen molar-refractivity contribution in [2.24, 2.45) is 16.6 Å². The molecule has 1 atom stereocenters. The van der Waals surface area contributed by atoms with Crippen LogP contribution in [0.25, 0.3) is 0 Å². The summed E-state index contributed by atoms with van der Waals surface area (Å²) in [5.41, 5.74) is 5.79. The second-order valence-electron chi connectivity index (χ2n) is 7.33. The number of amides is 1. The molecule has 5 nitrogen and oxygen atoms in total. The molecule has 0 heterocycles. The highest BCUT2D eigenvalue weighted by Crippen LogP contribution is 2.26. The Labute approximate surface area is 122 Å². The van der Waals surface area contributed by atoms with Gasteiger partial charge in [0.05, 0.1) is 0 Å². The minimum Gasteiger partial charge on any atom is -0.481 e. The van der Waals surface area contributed by atoms with Gasteiger partial charge in [-0.25, -0.2) is 0 Å². The van der Waals surface area contributed by atoms with Crippen molar-refractivity contribution in [3.05, 3.63) is 0 Å². The third-order valence-corrected chi connectivity index (χ3v) is 3.66. The maximum atomic E-state index is 11.8. The van der Waals surface area contributed by atoms with Crippen LogP contribution in [-0.2, 0) is 9.59 Å². The molecule has 0 rings (SSSR count). The molecule has 1 unspecified atom stereocenters. The molecule has 0 aromatic rings. The summed E-state index contributed by atoms with van der Waals surface area (Å²) in [7, 11) is 0. The van der Waals surface area contributed by atoms with Gasteiger partial charge in [-0.15, -0.1) is 0 Å². The standard InChI is InChI=1S/C15H30N2O3/c1-14(2,3)11(16)10-12(18)17-9-8-15(4,5)7-6-13(19)20/h11H,6-10,16H2,1-5H3,(H,17,18)(H,19,20). The first-order valence-electron chi connectivity index (χ1n) is 7.18. The molecule has 4 N–H and O–H groups in total. The third-order valence-electron chi connectivity index (χ3n) is 3.66. The number of nitrogens with two attached hydrogens (primary N) is 1. The second-order valence-corrected chi connectivity index (χ2v) is 7.33. The molecule has 0 spiro atoms. The molecule has 0 saturated heterocycles. The Morgan fingerprint density at radius 1 is 1.15 bits per heavy atom. The average Bonchev–Trinajstić information content (AvgIpc) is 2.25. The Balaban J connectivity index is 3.99. The first kappa shape index (κ1) is 18.9. The van der Waals surface area contributed by atoms with Crippen molar-refractivity contribution in [2.75, 3.05) is 6.54 Å². The molecule has 0 aliphatic heterocycles. The van der Waals surface area contributed by atoms with Crippen LogP contribution >= 0.6 is 0 Å². The van der Waals surface area contributed by atoms with Gasteiger partial charge in [-0.05, 0) is 23.7 Å². The van der Waals surface area contributed by atoms with Gasteiger partial charge in [0, 0.05) is 25.4 Å². The lowest BCUT2D eigenvalue weighted by Gasteiger charge is -2.27. The predicted molar refractivity (Wildman–Crippen MR) is 80.3 cm³/mol. The maximum Gasteiger partial charge on any atom is 0.303 e. The summed E-state index contributed by atoms with van der Waals surface area (Å²) in [5.74, 6) is -0.820. The van der Waals surface area contributed by atoms with Gasteiger partial charge in [0.2, 0.25) is 5.91 Å². The molecule has 1 amide bonds. The highest BCUT2D eigenvalue weighted by molar-refractivity contribution is 5.76. The Morgan fingerprint density at radius 3 is 2.15 bits per heavy atom. The van der Waals surface area contributed by atoms with Crippen molar-refractivity contribution in [3.8, 4) is 0 Å². The molecule has 5 heteroatoms. The van der Waals surface area contributed by atoms with Crippen molar-refractivity contribution in [1.29, 1.82) is 0 Å². The molecule has 0 aromatic carbocycles. The van der Waals surface area contributed by atoms with E-state index in [9.17, 15) is 9.59 Å². The van der Waals surface area contributed by atoms with Crippen molar-refractivity contribution in [1.82, 2.24) is 5.32 Å². The van der Waals surface area contributed by atoms with E-state index in [0.717, 1.165) is 6.42 Å². The van der Waals surface area contributed by atoms with E-state index in [4.69, 9.17) is 10.8 Å². The van der Waals surface area contributed by atoms with Crippen molar-refractivity contribution in [2.45, 2.75) is 66.3 Å². The number of carboxylic acids is 1. The minimum absolute atomic E-state index is 0.0403. The zero-order chi connectivity index (χ0) is 16.0. The second kappa shape index (κ2) is 7.62. The quantitative estimate of drug-likeness (QED) is 0.637. The van der Waals surface area contributed by atoms with Gasteiger partial charge in [-0.2, -0.15) is 0 Å². The predicted octanol–water partition coefficient (Wildman–Crippen LogP) is 2.15. The van der Waals surface area contributed by atoms with E-state index in [0.29, 0.717) is 19.4 Å². The van der Waals surface area contributed by atoms with Gasteiger partial charge >= 0.3 is 5.97 Å². The lowest BCUT2D eigenvalue weighted by atomic mass is 9.84. The minimum atomic E-state index is -0.779. The summed E-state index contributed by atoms with van der Waals surface area (Å²) in [6, 6.07) is -0.164. The van der Waals surface area contributed by atoms with E-state index in [2.05, 4.69) is 5.32 Å². The van der Waals surface area contributed by atoms with Crippen molar-refractivity contribution in [3.63, 3.8) is 0 Å². The van der Waals surface area contributed by atoms with Crippen LogP contribution in [0.5, 0.6) is 0 Å². The van der Waals surface area contributed by atoms with Gasteiger partial charge in [-0.3, -0.25) is 9.59 Å². The van der Waals surface area contributed by atoms with Crippen LogP contribution in [0.2, 0.25) is 0 Å². The largest absolute Gasteiger partial charge is 0.481 e. The molecular formula is C15H30N2O3. The van der Waals surface area contributed by atoms with Crippen LogP contribution in [-0.4, -0.2) is 29.6 Å². The van der Waals surface area contributed by atoms with Gasteiger partial charge in [0.1, 0.15) is 0 Å². The molecule has 0 aromatic heterocycles. The van der Waals surface area contributed by atoms with Crippen LogP contribution < -0.4 is 11.1 Å². The smallest absolute Gasteiger partial charge is 0.303 e. The Hall–Kier alpha value is -1.10. The van der Waals surface area contributed by atoms with Crippen LogP contribution in [0.15, 0.2) is 0 Å². The molecule has 0 saturated carbocycles. The number of rotatable bonds is 8. The van der Waals surface area contributed by atoms with E-state index in [1.54, 1.807) is 0 Å². The Kier molecular flexibility index (Phi) is 7.20. The van der Waals surface area contributed by atoms with Crippen LogP contribution in [0, 0.1) is 10.8 Å². The van der Waals surface area contributed by atoms with Crippen molar-refractivity contribution < 1.29 is 14.7 Å². The number of carbonyl (C=O) groups is 2. The molecule has 0 bridgehead atoms. The normalized spacial score (nSPS) is 13.9. The number of hydrogen-bond donors (Lipinski definition) is 3. The number of aliphatic carboxylic acids is 1. The maximum absolute atomic E-state index is 11.8. The SMILES string of the molecule is CC(C)(CCNC(=O)CC(N)C(C)(C)C)CCC(=O)O. The van der Waals surface area contributed by atoms with E-state index in [1.165, 1.54) is 0 Å².